The van der Waals surface area contributed by atoms with Crippen molar-refractivity contribution in [2.45, 2.75) is 52.5 Å². The number of fused-ring (bicyclic) bond motifs is 1. The first kappa shape index (κ1) is 19.3. The number of amides is 1. The zero-order valence-corrected chi connectivity index (χ0v) is 15.6. The van der Waals surface area contributed by atoms with Crippen molar-refractivity contribution in [1.82, 2.24) is 5.32 Å². The summed E-state index contributed by atoms with van der Waals surface area (Å²) in [6.07, 6.45) is 4.35. The summed E-state index contributed by atoms with van der Waals surface area (Å²) in [6.45, 7) is 5.80. The van der Waals surface area contributed by atoms with E-state index in [-0.39, 0.29) is 18.6 Å². The highest BCUT2D eigenvalue weighted by Crippen LogP contribution is 2.30. The number of ether oxygens (including phenoxy) is 1. The monoisotopic (exact) mass is 365 g/mol. The average Bonchev–Trinajstić information content (AvgIpc) is 2.54. The van der Waals surface area contributed by atoms with Crippen LogP contribution in [-0.4, -0.2) is 18.6 Å². The summed E-state index contributed by atoms with van der Waals surface area (Å²) in [4.78, 5) is 23.5. The molecule has 25 heavy (non-hydrogen) atoms. The normalized spacial score (nSPS) is 12.2. The smallest absolute Gasteiger partial charge is 0.336 e. The molecule has 0 unspecified atom stereocenters. The SMILES string of the molecule is CCCCC[C@H](C)NC(=O)COc1cc2oc(=O)cc(C)c2cc1Cl. The van der Waals surface area contributed by atoms with Gasteiger partial charge in [-0.25, -0.2) is 4.79 Å². The molecule has 2 rings (SSSR count). The Balaban J connectivity index is 1.99. The van der Waals surface area contributed by atoms with Gasteiger partial charge in [-0.2, -0.15) is 0 Å². The number of benzene rings is 1. The number of unbranched alkanes of at least 4 members (excludes halogenated alkanes) is 2. The van der Waals surface area contributed by atoms with E-state index in [1.165, 1.54) is 6.07 Å². The van der Waals surface area contributed by atoms with Crippen molar-refractivity contribution in [3.8, 4) is 5.75 Å². The summed E-state index contributed by atoms with van der Waals surface area (Å²) in [5, 5.41) is 4.01. The largest absolute Gasteiger partial charge is 0.482 e. The molecule has 0 aliphatic rings. The summed E-state index contributed by atoms with van der Waals surface area (Å²) >= 11 is 6.21. The Bertz CT molecular complexity index is 800. The fourth-order valence-electron chi connectivity index (χ4n) is 2.66. The van der Waals surface area contributed by atoms with Crippen LogP contribution < -0.4 is 15.7 Å². The van der Waals surface area contributed by atoms with Gasteiger partial charge in [-0.05, 0) is 31.9 Å². The molecule has 1 aromatic heterocycles. The van der Waals surface area contributed by atoms with Gasteiger partial charge in [0.25, 0.3) is 5.91 Å². The van der Waals surface area contributed by atoms with Gasteiger partial charge in [0.1, 0.15) is 11.3 Å². The molecule has 0 aliphatic carbocycles. The Morgan fingerprint density at radius 1 is 1.32 bits per heavy atom. The average molecular weight is 366 g/mol. The van der Waals surface area contributed by atoms with Crippen LogP contribution in [0.15, 0.2) is 27.4 Å². The molecule has 1 atom stereocenters. The van der Waals surface area contributed by atoms with Crippen molar-refractivity contribution < 1.29 is 13.9 Å². The van der Waals surface area contributed by atoms with Gasteiger partial charge < -0.3 is 14.5 Å². The van der Waals surface area contributed by atoms with Crippen molar-refractivity contribution in [3.05, 3.63) is 39.2 Å². The molecule has 2 aromatic rings. The minimum absolute atomic E-state index is 0.107. The Morgan fingerprint density at radius 2 is 2.08 bits per heavy atom. The second-order valence-electron chi connectivity index (χ2n) is 6.28. The first-order valence-electron chi connectivity index (χ1n) is 8.57. The lowest BCUT2D eigenvalue weighted by atomic mass is 10.1. The standard InChI is InChI=1S/C19H24ClNO4/c1-4-5-6-7-13(3)21-18(22)11-24-17-10-16-14(9-15(17)20)12(2)8-19(23)25-16/h8-10,13H,4-7,11H2,1-3H3,(H,21,22)/t13-/m0/s1. The van der Waals surface area contributed by atoms with E-state index in [1.54, 1.807) is 12.1 Å². The number of carbonyl (C=O) groups excluding carboxylic acids is 1. The quantitative estimate of drug-likeness (QED) is 0.561. The van der Waals surface area contributed by atoms with Crippen LogP contribution in [0.25, 0.3) is 11.0 Å². The van der Waals surface area contributed by atoms with Crippen molar-refractivity contribution in [2.75, 3.05) is 6.61 Å². The van der Waals surface area contributed by atoms with Gasteiger partial charge in [-0.1, -0.05) is 37.8 Å². The van der Waals surface area contributed by atoms with E-state index in [0.29, 0.717) is 16.4 Å². The topological polar surface area (TPSA) is 68.5 Å². The Morgan fingerprint density at radius 3 is 2.80 bits per heavy atom. The highest BCUT2D eigenvalue weighted by atomic mass is 35.5. The molecule has 0 saturated heterocycles. The van der Waals surface area contributed by atoms with Crippen molar-refractivity contribution >= 4 is 28.5 Å². The molecule has 0 bridgehead atoms. The second kappa shape index (κ2) is 8.90. The number of rotatable bonds is 8. The van der Waals surface area contributed by atoms with E-state index in [0.717, 1.165) is 36.6 Å². The molecular weight excluding hydrogens is 342 g/mol. The minimum Gasteiger partial charge on any atom is -0.482 e. The molecule has 136 valence electrons. The van der Waals surface area contributed by atoms with Crippen molar-refractivity contribution in [1.29, 1.82) is 0 Å². The summed E-state index contributed by atoms with van der Waals surface area (Å²) in [7, 11) is 0. The molecule has 0 radical (unpaired) electrons. The molecule has 1 aromatic carbocycles. The maximum atomic E-state index is 12.0. The van der Waals surface area contributed by atoms with Gasteiger partial charge in [-0.15, -0.1) is 0 Å². The summed E-state index contributed by atoms with van der Waals surface area (Å²) in [5.74, 6) is 0.113. The van der Waals surface area contributed by atoms with E-state index < -0.39 is 5.63 Å². The van der Waals surface area contributed by atoms with Crippen molar-refractivity contribution in [3.63, 3.8) is 0 Å². The maximum Gasteiger partial charge on any atom is 0.336 e. The molecule has 0 aliphatic heterocycles. The van der Waals surface area contributed by atoms with Crippen LogP contribution in [-0.2, 0) is 4.79 Å². The van der Waals surface area contributed by atoms with Crippen molar-refractivity contribution in [2.24, 2.45) is 0 Å². The van der Waals surface area contributed by atoms with E-state index in [2.05, 4.69) is 12.2 Å². The zero-order valence-electron chi connectivity index (χ0n) is 14.9. The number of aryl methyl sites for hydroxylation is 1. The lowest BCUT2D eigenvalue weighted by molar-refractivity contribution is -0.123. The predicted molar refractivity (Wildman–Crippen MR) is 99.5 cm³/mol. The van der Waals surface area contributed by atoms with Gasteiger partial charge in [0.2, 0.25) is 0 Å². The minimum atomic E-state index is -0.433. The maximum absolute atomic E-state index is 12.0. The number of nitrogens with one attached hydrogen (secondary N) is 1. The molecular formula is C19H24ClNO4. The number of hydrogen-bond acceptors (Lipinski definition) is 4. The lowest BCUT2D eigenvalue weighted by Crippen LogP contribution is -2.36. The fourth-order valence-corrected chi connectivity index (χ4v) is 2.88. The third-order valence-corrected chi connectivity index (χ3v) is 4.31. The highest BCUT2D eigenvalue weighted by molar-refractivity contribution is 6.32. The lowest BCUT2D eigenvalue weighted by Gasteiger charge is -2.14. The molecule has 1 N–H and O–H groups in total. The number of hydrogen-bond donors (Lipinski definition) is 1. The highest BCUT2D eigenvalue weighted by Gasteiger charge is 2.12. The molecule has 6 heteroatoms. The van der Waals surface area contributed by atoms with Crippen LogP contribution in [0, 0.1) is 6.92 Å². The molecule has 0 saturated carbocycles. The number of carbonyl (C=O) groups is 1. The Labute approximate surface area is 152 Å². The molecule has 5 nitrogen and oxygen atoms in total. The van der Waals surface area contributed by atoms with Gasteiger partial charge in [0.05, 0.1) is 5.02 Å². The van der Waals surface area contributed by atoms with E-state index in [1.807, 2.05) is 13.8 Å². The third-order valence-electron chi connectivity index (χ3n) is 4.01. The fraction of sp³-hybridized carbons (Fsp3) is 0.474. The van der Waals surface area contributed by atoms with Crippen LogP contribution in [0.3, 0.4) is 0 Å². The molecule has 0 spiro atoms. The summed E-state index contributed by atoms with van der Waals surface area (Å²) < 4.78 is 10.7. The van der Waals surface area contributed by atoms with Gasteiger partial charge in [-0.3, -0.25) is 4.79 Å². The van der Waals surface area contributed by atoms with Crippen LogP contribution in [0.2, 0.25) is 5.02 Å². The predicted octanol–water partition coefficient (Wildman–Crippen LogP) is 4.22. The van der Waals surface area contributed by atoms with Crippen LogP contribution in [0.1, 0.15) is 45.1 Å². The first-order valence-corrected chi connectivity index (χ1v) is 8.94. The van der Waals surface area contributed by atoms with E-state index >= 15 is 0 Å². The first-order chi connectivity index (χ1) is 11.9. The summed E-state index contributed by atoms with van der Waals surface area (Å²) in [5.41, 5.74) is 0.730. The molecule has 1 amide bonds. The van der Waals surface area contributed by atoms with Crippen LogP contribution >= 0.6 is 11.6 Å². The zero-order chi connectivity index (χ0) is 18.4. The van der Waals surface area contributed by atoms with E-state index in [9.17, 15) is 9.59 Å². The molecule has 1 heterocycles. The number of halogens is 1. The summed E-state index contributed by atoms with van der Waals surface area (Å²) in [6, 6.07) is 4.74. The van der Waals surface area contributed by atoms with Gasteiger partial charge in [0.15, 0.2) is 6.61 Å². The van der Waals surface area contributed by atoms with Gasteiger partial charge in [0, 0.05) is 23.6 Å². The Kier molecular flexibility index (Phi) is 6.88. The molecule has 0 fully saturated rings. The Hall–Kier alpha value is -2.01. The van der Waals surface area contributed by atoms with E-state index in [4.69, 9.17) is 20.8 Å². The van der Waals surface area contributed by atoms with Crippen LogP contribution in [0.4, 0.5) is 0 Å². The van der Waals surface area contributed by atoms with Crippen LogP contribution in [0.5, 0.6) is 5.75 Å². The van der Waals surface area contributed by atoms with Gasteiger partial charge >= 0.3 is 5.63 Å². The second-order valence-corrected chi connectivity index (χ2v) is 6.69. The third kappa shape index (κ3) is 5.49.